The highest BCUT2D eigenvalue weighted by Crippen LogP contribution is 2.38. The lowest BCUT2D eigenvalue weighted by Crippen LogP contribution is -3.26. The molecule has 0 unspecified atom stereocenters. The predicted molar refractivity (Wildman–Crippen MR) is 107 cm³/mol. The minimum absolute atomic E-state index is 0.0941. The van der Waals surface area contributed by atoms with Crippen molar-refractivity contribution < 1.29 is 28.4 Å². The van der Waals surface area contributed by atoms with Crippen molar-refractivity contribution in [3.8, 4) is 17.2 Å². The van der Waals surface area contributed by atoms with Crippen LogP contribution in [0.2, 0.25) is 0 Å². The van der Waals surface area contributed by atoms with Crippen molar-refractivity contribution in [2.75, 3.05) is 54.1 Å². The van der Waals surface area contributed by atoms with Gasteiger partial charge in [0.15, 0.2) is 23.0 Å². The number of halogens is 1. The molecule has 6 heteroatoms. The number of rotatable bonds is 8. The molecule has 1 fully saturated rings. The zero-order valence-electron chi connectivity index (χ0n) is 17.0. The van der Waals surface area contributed by atoms with Crippen molar-refractivity contribution in [2.45, 2.75) is 12.8 Å². The van der Waals surface area contributed by atoms with E-state index in [0.717, 1.165) is 51.3 Å². The molecule has 5 nitrogen and oxygen atoms in total. The van der Waals surface area contributed by atoms with Crippen molar-refractivity contribution in [2.24, 2.45) is 0 Å². The Morgan fingerprint density at radius 1 is 0.893 bits per heavy atom. The van der Waals surface area contributed by atoms with Gasteiger partial charge in [-0.2, -0.15) is 0 Å². The van der Waals surface area contributed by atoms with Gasteiger partial charge in [0.1, 0.15) is 26.2 Å². The summed E-state index contributed by atoms with van der Waals surface area (Å²) < 4.78 is 30.2. The summed E-state index contributed by atoms with van der Waals surface area (Å²) in [6.45, 7) is 5.19. The number of benzene rings is 2. The van der Waals surface area contributed by atoms with Crippen LogP contribution in [0.25, 0.3) is 0 Å². The molecule has 2 N–H and O–H groups in total. The molecule has 2 aromatic carbocycles. The molecule has 28 heavy (non-hydrogen) atoms. The van der Waals surface area contributed by atoms with E-state index in [1.54, 1.807) is 38.4 Å². The molecule has 3 rings (SSSR count). The third-order valence-corrected chi connectivity index (χ3v) is 5.54. The Hall–Kier alpha value is -2.31. The van der Waals surface area contributed by atoms with Gasteiger partial charge in [0.05, 0.1) is 27.9 Å². The highest BCUT2D eigenvalue weighted by molar-refractivity contribution is 5.53. The lowest BCUT2D eigenvalue weighted by Gasteiger charge is -2.29. The first kappa shape index (κ1) is 20.4. The van der Waals surface area contributed by atoms with Crippen LogP contribution in [0, 0.1) is 5.82 Å². The molecule has 0 aliphatic carbocycles. The summed E-state index contributed by atoms with van der Waals surface area (Å²) in [5.41, 5.74) is 1.99. The van der Waals surface area contributed by atoms with E-state index >= 15 is 0 Å². The largest absolute Gasteiger partial charge is 0.493 e. The molecule has 0 aromatic heterocycles. The smallest absolute Gasteiger partial charge is 0.203 e. The van der Waals surface area contributed by atoms with Gasteiger partial charge in [-0.05, 0) is 30.2 Å². The van der Waals surface area contributed by atoms with E-state index in [0.29, 0.717) is 17.2 Å². The fourth-order valence-electron chi connectivity index (χ4n) is 3.99. The summed E-state index contributed by atoms with van der Waals surface area (Å²) in [6, 6.07) is 11.2. The number of piperazine rings is 1. The number of methoxy groups -OCH3 is 3. The van der Waals surface area contributed by atoms with Crippen LogP contribution in [0.5, 0.6) is 17.2 Å². The average molecular weight is 390 g/mol. The zero-order valence-corrected chi connectivity index (χ0v) is 17.0. The first-order valence-electron chi connectivity index (χ1n) is 9.88. The average Bonchev–Trinajstić information content (AvgIpc) is 2.74. The maximum atomic E-state index is 14.0. The van der Waals surface area contributed by atoms with E-state index in [9.17, 15) is 4.39 Å². The fourth-order valence-corrected chi connectivity index (χ4v) is 3.99. The van der Waals surface area contributed by atoms with Crippen molar-refractivity contribution in [3.05, 3.63) is 47.8 Å². The van der Waals surface area contributed by atoms with Crippen molar-refractivity contribution in [1.82, 2.24) is 0 Å². The zero-order chi connectivity index (χ0) is 19.9. The minimum atomic E-state index is -0.0941. The molecule has 0 spiro atoms. The number of para-hydroxylation sites is 1. The molecular formula is C22H31FN2O3+2. The van der Waals surface area contributed by atoms with Gasteiger partial charge in [0.2, 0.25) is 5.75 Å². The van der Waals surface area contributed by atoms with Crippen LogP contribution in [-0.2, 0) is 6.42 Å². The first-order chi connectivity index (χ1) is 13.7. The SMILES string of the molecule is COc1cc(CCC[NH+]2CC[NH+](c3ccccc3F)CC2)cc(OC)c1OC. The second kappa shape index (κ2) is 9.75. The molecule has 1 heterocycles. The molecule has 0 bridgehead atoms. The van der Waals surface area contributed by atoms with Gasteiger partial charge in [-0.3, -0.25) is 4.90 Å². The van der Waals surface area contributed by atoms with Gasteiger partial charge >= 0.3 is 0 Å². The Balaban J connectivity index is 1.51. The van der Waals surface area contributed by atoms with Gasteiger partial charge in [-0.1, -0.05) is 12.1 Å². The summed E-state index contributed by atoms with van der Waals surface area (Å²) in [4.78, 5) is 2.85. The monoisotopic (exact) mass is 390 g/mol. The molecule has 1 saturated heterocycles. The summed E-state index contributed by atoms with van der Waals surface area (Å²) >= 11 is 0. The molecule has 0 radical (unpaired) electrons. The molecule has 2 aromatic rings. The molecule has 0 atom stereocenters. The van der Waals surface area contributed by atoms with Gasteiger partial charge in [-0.15, -0.1) is 0 Å². The topological polar surface area (TPSA) is 36.6 Å². The van der Waals surface area contributed by atoms with E-state index in [2.05, 4.69) is 0 Å². The van der Waals surface area contributed by atoms with E-state index in [4.69, 9.17) is 14.2 Å². The summed E-state index contributed by atoms with van der Waals surface area (Å²) in [7, 11) is 4.90. The van der Waals surface area contributed by atoms with Crippen LogP contribution in [0.15, 0.2) is 36.4 Å². The molecular weight excluding hydrogens is 359 g/mol. The number of aryl methyl sites for hydroxylation is 1. The van der Waals surface area contributed by atoms with E-state index in [-0.39, 0.29) is 5.82 Å². The number of nitrogens with one attached hydrogen (secondary N) is 2. The maximum Gasteiger partial charge on any atom is 0.203 e. The van der Waals surface area contributed by atoms with E-state index in [1.165, 1.54) is 10.5 Å². The standard InChI is InChI=1S/C22H29FN2O3/c1-26-20-15-17(16-21(27-2)22(20)28-3)7-6-10-24-11-13-25(14-12-24)19-9-5-4-8-18(19)23/h4-5,8-9,15-16H,6-7,10-14H2,1-3H3/p+2. The molecule has 152 valence electrons. The first-order valence-corrected chi connectivity index (χ1v) is 9.88. The van der Waals surface area contributed by atoms with Crippen LogP contribution in [-0.4, -0.2) is 54.1 Å². The minimum Gasteiger partial charge on any atom is -0.493 e. The van der Waals surface area contributed by atoms with Crippen molar-refractivity contribution in [3.63, 3.8) is 0 Å². The number of quaternary nitrogens is 2. The van der Waals surface area contributed by atoms with Crippen molar-refractivity contribution >= 4 is 5.69 Å². The normalized spacial score (nSPS) is 19.3. The van der Waals surface area contributed by atoms with Crippen LogP contribution >= 0.6 is 0 Å². The predicted octanol–water partition coefficient (Wildman–Crippen LogP) is 0.899. The Labute approximate surface area is 166 Å². The number of ether oxygens (including phenoxy) is 3. The van der Waals surface area contributed by atoms with Crippen LogP contribution < -0.4 is 24.0 Å². The summed E-state index contributed by atoms with van der Waals surface area (Å²) in [5.74, 6) is 1.94. The molecule has 1 aliphatic rings. The lowest BCUT2D eigenvalue weighted by molar-refractivity contribution is -0.986. The second-order valence-electron chi connectivity index (χ2n) is 7.22. The van der Waals surface area contributed by atoms with Crippen LogP contribution in [0.4, 0.5) is 10.1 Å². The van der Waals surface area contributed by atoms with Gasteiger partial charge in [0.25, 0.3) is 0 Å². The fraction of sp³-hybridized carbons (Fsp3) is 0.455. The van der Waals surface area contributed by atoms with Crippen LogP contribution in [0.1, 0.15) is 12.0 Å². The Morgan fingerprint density at radius 3 is 2.11 bits per heavy atom. The highest BCUT2D eigenvalue weighted by atomic mass is 19.1. The summed E-state index contributed by atoms with van der Waals surface area (Å²) in [5, 5.41) is 0. The lowest BCUT2D eigenvalue weighted by atomic mass is 10.1. The quantitative estimate of drug-likeness (QED) is 0.703. The number of hydrogen-bond donors (Lipinski definition) is 2. The molecule has 0 saturated carbocycles. The van der Waals surface area contributed by atoms with Gasteiger partial charge < -0.3 is 19.1 Å². The Kier molecular flexibility index (Phi) is 7.12. The van der Waals surface area contributed by atoms with Gasteiger partial charge in [-0.25, -0.2) is 4.39 Å². The Bertz CT molecular complexity index is 751. The highest BCUT2D eigenvalue weighted by Gasteiger charge is 2.26. The van der Waals surface area contributed by atoms with E-state index < -0.39 is 0 Å². The third kappa shape index (κ3) is 4.75. The number of hydrogen-bond acceptors (Lipinski definition) is 3. The molecule has 1 aliphatic heterocycles. The molecule has 0 amide bonds. The second-order valence-corrected chi connectivity index (χ2v) is 7.22. The third-order valence-electron chi connectivity index (χ3n) is 5.54. The van der Waals surface area contributed by atoms with Gasteiger partial charge in [0, 0.05) is 12.5 Å². The summed E-state index contributed by atoms with van der Waals surface area (Å²) in [6.07, 6.45) is 2.05. The maximum absolute atomic E-state index is 14.0. The van der Waals surface area contributed by atoms with Crippen LogP contribution in [0.3, 0.4) is 0 Å². The van der Waals surface area contributed by atoms with E-state index in [1.807, 2.05) is 24.3 Å². The van der Waals surface area contributed by atoms with Crippen molar-refractivity contribution in [1.29, 1.82) is 0 Å². The Morgan fingerprint density at radius 2 is 1.54 bits per heavy atom.